The van der Waals surface area contributed by atoms with E-state index in [2.05, 4.69) is 0 Å². The summed E-state index contributed by atoms with van der Waals surface area (Å²) in [6, 6.07) is 13.3. The topological polar surface area (TPSA) is 26.0 Å². The van der Waals surface area contributed by atoms with E-state index in [9.17, 15) is 0 Å². The minimum atomic E-state index is 0.702. The first-order chi connectivity index (χ1) is 8.15. The zero-order valence-electron chi connectivity index (χ0n) is 8.99. The van der Waals surface area contributed by atoms with Crippen LogP contribution >= 0.6 is 35.0 Å². The molecule has 2 aromatic carbocycles. The molecule has 0 saturated heterocycles. The molecule has 0 fully saturated rings. The van der Waals surface area contributed by atoms with Gasteiger partial charge in [0.1, 0.15) is 0 Å². The van der Waals surface area contributed by atoms with E-state index in [1.807, 2.05) is 36.4 Å². The Morgan fingerprint density at radius 1 is 1.00 bits per heavy atom. The Bertz CT molecular complexity index is 529. The molecule has 88 valence electrons. The first-order valence-corrected chi connectivity index (χ1v) is 6.81. The van der Waals surface area contributed by atoms with Gasteiger partial charge in [-0.2, -0.15) is 0 Å². The highest BCUT2D eigenvalue weighted by molar-refractivity contribution is 7.98. The van der Waals surface area contributed by atoms with Crippen LogP contribution in [0, 0.1) is 0 Å². The summed E-state index contributed by atoms with van der Waals surface area (Å²) >= 11 is 13.5. The first-order valence-electron chi connectivity index (χ1n) is 5.07. The van der Waals surface area contributed by atoms with Crippen LogP contribution in [0.2, 0.25) is 10.0 Å². The molecule has 2 aromatic rings. The standard InChI is InChI=1S/C13H11Cl2NS/c14-10-3-1-2-9(6-10)8-17-13-7-11(15)4-5-12(13)16/h1-7H,8,16H2. The van der Waals surface area contributed by atoms with Crippen LogP contribution in [0.25, 0.3) is 0 Å². The molecule has 0 aliphatic rings. The van der Waals surface area contributed by atoms with Crippen LogP contribution in [0.4, 0.5) is 5.69 Å². The summed E-state index contributed by atoms with van der Waals surface area (Å²) in [6.45, 7) is 0. The number of halogens is 2. The van der Waals surface area contributed by atoms with Gasteiger partial charge >= 0.3 is 0 Å². The van der Waals surface area contributed by atoms with E-state index in [1.54, 1.807) is 17.8 Å². The predicted octanol–water partition coefficient (Wildman–Crippen LogP) is 4.87. The van der Waals surface area contributed by atoms with E-state index >= 15 is 0 Å². The number of thioether (sulfide) groups is 1. The maximum absolute atomic E-state index is 5.93. The van der Waals surface area contributed by atoms with Gasteiger partial charge in [-0.05, 0) is 35.9 Å². The van der Waals surface area contributed by atoms with E-state index in [-0.39, 0.29) is 0 Å². The van der Waals surface area contributed by atoms with Crippen LogP contribution in [0.1, 0.15) is 5.56 Å². The summed E-state index contributed by atoms with van der Waals surface area (Å²) in [5.41, 5.74) is 7.80. The SMILES string of the molecule is Nc1ccc(Cl)cc1SCc1cccc(Cl)c1. The van der Waals surface area contributed by atoms with Gasteiger partial charge in [0, 0.05) is 26.4 Å². The van der Waals surface area contributed by atoms with Crippen LogP contribution in [-0.2, 0) is 5.75 Å². The van der Waals surface area contributed by atoms with Crippen molar-refractivity contribution in [1.82, 2.24) is 0 Å². The van der Waals surface area contributed by atoms with Gasteiger partial charge in [-0.3, -0.25) is 0 Å². The lowest BCUT2D eigenvalue weighted by Gasteiger charge is -2.06. The highest BCUT2D eigenvalue weighted by Gasteiger charge is 2.02. The van der Waals surface area contributed by atoms with Gasteiger partial charge in [0.15, 0.2) is 0 Å². The highest BCUT2D eigenvalue weighted by Crippen LogP contribution is 2.30. The van der Waals surface area contributed by atoms with Crippen LogP contribution < -0.4 is 5.73 Å². The molecule has 17 heavy (non-hydrogen) atoms. The fourth-order valence-corrected chi connectivity index (χ4v) is 2.82. The lowest BCUT2D eigenvalue weighted by Crippen LogP contribution is -1.88. The van der Waals surface area contributed by atoms with Crippen LogP contribution in [0.3, 0.4) is 0 Å². The summed E-state index contributed by atoms with van der Waals surface area (Å²) < 4.78 is 0. The second-order valence-electron chi connectivity index (χ2n) is 3.60. The quantitative estimate of drug-likeness (QED) is 0.643. The minimum absolute atomic E-state index is 0.702. The molecular formula is C13H11Cl2NS. The minimum Gasteiger partial charge on any atom is -0.398 e. The second-order valence-corrected chi connectivity index (χ2v) is 5.49. The largest absolute Gasteiger partial charge is 0.398 e. The number of anilines is 1. The smallest absolute Gasteiger partial charge is 0.0453 e. The van der Waals surface area contributed by atoms with Crippen molar-refractivity contribution < 1.29 is 0 Å². The molecule has 0 aliphatic heterocycles. The summed E-state index contributed by atoms with van der Waals surface area (Å²) in [4.78, 5) is 0.998. The third kappa shape index (κ3) is 3.56. The Balaban J connectivity index is 2.09. The maximum Gasteiger partial charge on any atom is 0.0453 e. The number of nitrogens with two attached hydrogens (primary N) is 1. The summed E-state index contributed by atoms with van der Waals surface area (Å²) in [5, 5.41) is 1.45. The van der Waals surface area contributed by atoms with E-state index in [1.165, 1.54) is 5.56 Å². The molecule has 2 N–H and O–H groups in total. The Morgan fingerprint density at radius 2 is 1.76 bits per heavy atom. The van der Waals surface area contributed by atoms with Gasteiger partial charge in [-0.15, -0.1) is 11.8 Å². The van der Waals surface area contributed by atoms with Crippen molar-refractivity contribution in [3.63, 3.8) is 0 Å². The number of hydrogen-bond donors (Lipinski definition) is 1. The molecule has 0 saturated carbocycles. The molecule has 4 heteroatoms. The first kappa shape index (κ1) is 12.6. The normalized spacial score (nSPS) is 10.5. The third-order valence-corrected chi connectivity index (χ3v) is 3.87. The summed E-state index contributed by atoms with van der Waals surface area (Å²) in [6.07, 6.45) is 0. The van der Waals surface area contributed by atoms with Gasteiger partial charge in [0.2, 0.25) is 0 Å². The van der Waals surface area contributed by atoms with Crippen LogP contribution in [-0.4, -0.2) is 0 Å². The van der Waals surface area contributed by atoms with Crippen molar-refractivity contribution >= 4 is 40.7 Å². The number of nitrogen functional groups attached to an aromatic ring is 1. The lowest BCUT2D eigenvalue weighted by atomic mass is 10.2. The molecular weight excluding hydrogens is 273 g/mol. The monoisotopic (exact) mass is 283 g/mol. The zero-order valence-corrected chi connectivity index (χ0v) is 11.3. The Morgan fingerprint density at radius 3 is 2.53 bits per heavy atom. The van der Waals surface area contributed by atoms with E-state index in [0.29, 0.717) is 5.02 Å². The van der Waals surface area contributed by atoms with Gasteiger partial charge in [-0.25, -0.2) is 0 Å². The molecule has 0 aromatic heterocycles. The van der Waals surface area contributed by atoms with Gasteiger partial charge in [-0.1, -0.05) is 35.3 Å². The molecule has 0 unspecified atom stereocenters. The summed E-state index contributed by atoms with van der Waals surface area (Å²) in [5.74, 6) is 0.825. The average Bonchev–Trinajstić information content (AvgIpc) is 2.30. The fraction of sp³-hybridized carbons (Fsp3) is 0.0769. The zero-order chi connectivity index (χ0) is 12.3. The molecule has 0 amide bonds. The van der Waals surface area contributed by atoms with Crippen LogP contribution in [0.15, 0.2) is 47.4 Å². The van der Waals surface area contributed by atoms with Gasteiger partial charge in [0.25, 0.3) is 0 Å². The molecule has 0 bridgehead atoms. The summed E-state index contributed by atoms with van der Waals surface area (Å²) in [7, 11) is 0. The van der Waals surface area contributed by atoms with Crippen molar-refractivity contribution in [2.75, 3.05) is 5.73 Å². The van der Waals surface area contributed by atoms with Crippen LogP contribution in [0.5, 0.6) is 0 Å². The lowest BCUT2D eigenvalue weighted by molar-refractivity contribution is 1.38. The molecule has 0 radical (unpaired) electrons. The average molecular weight is 284 g/mol. The van der Waals surface area contributed by atoms with Crippen molar-refractivity contribution in [3.8, 4) is 0 Å². The van der Waals surface area contributed by atoms with E-state index < -0.39 is 0 Å². The van der Waals surface area contributed by atoms with E-state index in [4.69, 9.17) is 28.9 Å². The number of hydrogen-bond acceptors (Lipinski definition) is 2. The molecule has 2 rings (SSSR count). The molecule has 1 nitrogen and oxygen atoms in total. The van der Waals surface area contributed by atoms with Crippen molar-refractivity contribution in [1.29, 1.82) is 0 Å². The highest BCUT2D eigenvalue weighted by atomic mass is 35.5. The van der Waals surface area contributed by atoms with Crippen molar-refractivity contribution in [2.24, 2.45) is 0 Å². The number of rotatable bonds is 3. The Hall–Kier alpha value is -0.830. The number of benzene rings is 2. The molecule has 0 spiro atoms. The molecule has 0 heterocycles. The molecule has 0 atom stereocenters. The predicted molar refractivity (Wildman–Crippen MR) is 76.9 cm³/mol. The van der Waals surface area contributed by atoms with E-state index in [0.717, 1.165) is 21.4 Å². The second kappa shape index (κ2) is 5.67. The Labute approximate surface area is 115 Å². The van der Waals surface area contributed by atoms with Crippen molar-refractivity contribution in [3.05, 3.63) is 58.1 Å². The third-order valence-electron chi connectivity index (χ3n) is 2.26. The van der Waals surface area contributed by atoms with Crippen molar-refractivity contribution in [2.45, 2.75) is 10.6 Å². The molecule has 0 aliphatic carbocycles. The maximum atomic E-state index is 5.93. The van der Waals surface area contributed by atoms with Gasteiger partial charge < -0.3 is 5.73 Å². The fourth-order valence-electron chi connectivity index (χ4n) is 1.42. The van der Waals surface area contributed by atoms with Gasteiger partial charge in [0.05, 0.1) is 0 Å². The Kier molecular flexibility index (Phi) is 4.21.